The van der Waals surface area contributed by atoms with Crippen LogP contribution in [0.2, 0.25) is 0 Å². The highest BCUT2D eigenvalue weighted by atomic mass is 19.3. The van der Waals surface area contributed by atoms with Crippen molar-refractivity contribution in [3.63, 3.8) is 0 Å². The molecule has 7 rings (SSSR count). The van der Waals surface area contributed by atoms with Crippen LogP contribution < -0.4 is 21.9 Å². The molecule has 3 aromatic heterocycles. The fraction of sp³-hybridized carbons (Fsp3) is 0.564. The van der Waals surface area contributed by atoms with Crippen molar-refractivity contribution in [3.8, 4) is 0 Å². The third-order valence-electron chi connectivity index (χ3n) is 11.4. The van der Waals surface area contributed by atoms with Crippen molar-refractivity contribution >= 4 is 45.7 Å². The zero-order valence-corrected chi connectivity index (χ0v) is 32.0. The number of pyridine rings is 1. The van der Waals surface area contributed by atoms with Crippen LogP contribution in [0.4, 0.5) is 14.7 Å². The number of alkyl halides is 2. The van der Waals surface area contributed by atoms with Gasteiger partial charge in [0.15, 0.2) is 0 Å². The lowest BCUT2D eigenvalue weighted by molar-refractivity contribution is -0.138. The molecular formula is C39H48F2N8O8. The number of carbonyl (C=O) groups is 3. The van der Waals surface area contributed by atoms with E-state index >= 15 is 0 Å². The Morgan fingerprint density at radius 3 is 2.53 bits per heavy atom. The van der Waals surface area contributed by atoms with E-state index in [1.165, 1.54) is 19.9 Å². The molecule has 3 atom stereocenters. The molecule has 1 aliphatic carbocycles. The number of rotatable bonds is 14. The number of nitrogens with zero attached hydrogens (tertiary/aromatic N) is 6. The minimum atomic E-state index is -2.98. The maximum absolute atomic E-state index is 13.8. The minimum Gasteiger partial charge on any atom is -0.388 e. The Kier molecular flexibility index (Phi) is 11.8. The number of nitrogens with one attached hydrogen (secondary N) is 2. The number of piperidine rings is 2. The second kappa shape index (κ2) is 16.8. The van der Waals surface area contributed by atoms with Crippen LogP contribution in [-0.2, 0) is 37.3 Å². The van der Waals surface area contributed by atoms with Gasteiger partial charge in [0.05, 0.1) is 41.5 Å². The molecule has 1 saturated carbocycles. The van der Waals surface area contributed by atoms with E-state index in [0.29, 0.717) is 75.9 Å². The molecule has 4 aromatic rings. The van der Waals surface area contributed by atoms with Crippen LogP contribution >= 0.6 is 0 Å². The molecule has 306 valence electrons. The third-order valence-corrected chi connectivity index (χ3v) is 11.4. The third kappa shape index (κ3) is 8.48. The van der Waals surface area contributed by atoms with Gasteiger partial charge in [0, 0.05) is 50.8 Å². The summed E-state index contributed by atoms with van der Waals surface area (Å²) < 4.78 is 43.1. The fourth-order valence-electron chi connectivity index (χ4n) is 8.29. The lowest BCUT2D eigenvalue weighted by atomic mass is 9.99. The van der Waals surface area contributed by atoms with E-state index < -0.39 is 41.1 Å². The number of imide groups is 1. The van der Waals surface area contributed by atoms with Crippen molar-refractivity contribution in [3.05, 3.63) is 62.4 Å². The van der Waals surface area contributed by atoms with Gasteiger partial charge in [-0.1, -0.05) is 6.07 Å². The largest absolute Gasteiger partial charge is 0.388 e. The first-order chi connectivity index (χ1) is 27.3. The van der Waals surface area contributed by atoms with E-state index in [4.69, 9.17) is 9.47 Å². The number of fused-ring (bicyclic) bond motifs is 2. The lowest BCUT2D eigenvalue weighted by Crippen LogP contribution is -2.44. The monoisotopic (exact) mass is 794 g/mol. The summed E-state index contributed by atoms with van der Waals surface area (Å²) in [5.74, 6) is -0.695. The number of amides is 3. The normalized spacial score (nSPS) is 21.9. The predicted molar refractivity (Wildman–Crippen MR) is 204 cm³/mol. The lowest BCUT2D eigenvalue weighted by Gasteiger charge is -2.32. The van der Waals surface area contributed by atoms with Crippen molar-refractivity contribution in [2.45, 2.75) is 94.9 Å². The molecule has 0 spiro atoms. The summed E-state index contributed by atoms with van der Waals surface area (Å²) in [5.41, 5.74) is -0.514. The first kappa shape index (κ1) is 40.1. The highest BCUT2D eigenvalue weighted by molar-refractivity contribution is 6.00. The number of aromatic nitrogens is 5. The number of aliphatic hydroxyl groups is 1. The van der Waals surface area contributed by atoms with Crippen molar-refractivity contribution in [2.75, 3.05) is 44.8 Å². The molecule has 18 heteroatoms. The Labute approximate surface area is 326 Å². The Morgan fingerprint density at radius 2 is 1.81 bits per heavy atom. The Hall–Kier alpha value is -5.07. The van der Waals surface area contributed by atoms with E-state index in [1.54, 1.807) is 18.9 Å². The number of halogens is 2. The number of hydrogen-bond acceptors (Lipinski definition) is 11. The number of benzene rings is 1. The second-order valence-corrected chi connectivity index (χ2v) is 15.4. The summed E-state index contributed by atoms with van der Waals surface area (Å²) in [7, 11) is 1.66. The number of carbonyl (C=O) groups excluding carboxylic acids is 3. The SMILES string of the molecule is Cn1c(=O)n(C2CCC(=O)NC2=O)c2ccc(CCCOCCOCC(=O)N3CCC(Nc4ncc5cc(C(F)F)c(=O)n([C@@H]6CCC[C@@]6(C)O)c5n4)CC3)cc21. The van der Waals surface area contributed by atoms with E-state index in [-0.39, 0.29) is 66.6 Å². The number of anilines is 1. The van der Waals surface area contributed by atoms with Crippen LogP contribution in [0.15, 0.2) is 40.1 Å². The predicted octanol–water partition coefficient (Wildman–Crippen LogP) is 2.91. The van der Waals surface area contributed by atoms with Gasteiger partial charge in [-0.15, -0.1) is 0 Å². The molecule has 2 saturated heterocycles. The summed E-state index contributed by atoms with van der Waals surface area (Å²) in [6.07, 6.45) is 3.10. The summed E-state index contributed by atoms with van der Waals surface area (Å²) in [4.78, 5) is 73.7. The minimum absolute atomic E-state index is 0.0661. The van der Waals surface area contributed by atoms with Crippen LogP contribution in [0.5, 0.6) is 0 Å². The van der Waals surface area contributed by atoms with Gasteiger partial charge < -0.3 is 24.8 Å². The molecular weight excluding hydrogens is 746 g/mol. The van der Waals surface area contributed by atoms with Crippen LogP contribution in [0.3, 0.4) is 0 Å². The number of hydrogen-bond donors (Lipinski definition) is 3. The Balaban J connectivity index is 0.828. The standard InChI is InChI=1S/C39H48F2N8O8/c1-39(55)13-3-6-30(39)49-34-24(20-26(33(40)41)36(49)53)21-42-37(45-34)43-25-11-14-47(15-12-25)32(51)22-57-18-17-56-16-4-5-23-7-8-27-29(19-23)46(2)38(54)48(27)28-9-10-31(50)44-35(28)52/h7-8,19-21,25,28,30,33,55H,3-6,9-18,22H2,1-2H3,(H,42,43,45)(H,44,50,52)/t28?,30-,39-/m1/s1. The van der Waals surface area contributed by atoms with Crippen molar-refractivity contribution < 1.29 is 37.7 Å². The molecule has 16 nitrogen and oxygen atoms in total. The van der Waals surface area contributed by atoms with Gasteiger partial charge in [0.1, 0.15) is 18.3 Å². The number of aryl methyl sites for hydroxylation is 2. The molecule has 5 heterocycles. The zero-order valence-electron chi connectivity index (χ0n) is 32.0. The fourth-order valence-corrected chi connectivity index (χ4v) is 8.29. The van der Waals surface area contributed by atoms with Crippen LogP contribution in [0.1, 0.15) is 87.9 Å². The van der Waals surface area contributed by atoms with Crippen molar-refractivity contribution in [1.29, 1.82) is 0 Å². The van der Waals surface area contributed by atoms with Gasteiger partial charge in [0.25, 0.3) is 12.0 Å². The average molecular weight is 795 g/mol. The maximum atomic E-state index is 13.8. The van der Waals surface area contributed by atoms with Crippen molar-refractivity contribution in [1.82, 2.24) is 33.9 Å². The molecule has 2 aliphatic heterocycles. The summed E-state index contributed by atoms with van der Waals surface area (Å²) in [6, 6.07) is 5.32. The number of imidazole rings is 1. The van der Waals surface area contributed by atoms with E-state index in [9.17, 15) is 37.9 Å². The second-order valence-electron chi connectivity index (χ2n) is 15.4. The van der Waals surface area contributed by atoms with Gasteiger partial charge in [-0.2, -0.15) is 4.98 Å². The average Bonchev–Trinajstić information content (AvgIpc) is 3.65. The molecule has 57 heavy (non-hydrogen) atoms. The van der Waals surface area contributed by atoms with Crippen LogP contribution in [-0.4, -0.2) is 103 Å². The summed E-state index contributed by atoms with van der Waals surface area (Å²) >= 11 is 0. The number of ether oxygens (including phenoxy) is 2. The van der Waals surface area contributed by atoms with Crippen molar-refractivity contribution in [2.24, 2.45) is 7.05 Å². The molecule has 3 N–H and O–H groups in total. The van der Waals surface area contributed by atoms with Gasteiger partial charge in [0.2, 0.25) is 23.7 Å². The summed E-state index contributed by atoms with van der Waals surface area (Å²) in [5, 5.41) is 16.8. The first-order valence-corrected chi connectivity index (χ1v) is 19.5. The summed E-state index contributed by atoms with van der Waals surface area (Å²) in [6.45, 7) is 3.56. The van der Waals surface area contributed by atoms with Gasteiger partial charge in [-0.25, -0.2) is 18.6 Å². The zero-order chi connectivity index (χ0) is 40.4. The van der Waals surface area contributed by atoms with Crippen LogP contribution in [0.25, 0.3) is 22.1 Å². The molecule has 0 bridgehead atoms. The smallest absolute Gasteiger partial charge is 0.329 e. The Bertz CT molecular complexity index is 2280. The quantitative estimate of drug-likeness (QED) is 0.126. The van der Waals surface area contributed by atoms with Gasteiger partial charge >= 0.3 is 5.69 Å². The maximum Gasteiger partial charge on any atom is 0.329 e. The molecule has 3 aliphatic rings. The van der Waals surface area contributed by atoms with E-state index in [1.807, 2.05) is 18.2 Å². The number of likely N-dealkylation sites (tertiary alicyclic amines) is 1. The molecule has 3 amide bonds. The molecule has 1 aromatic carbocycles. The van der Waals surface area contributed by atoms with Crippen LogP contribution in [0, 0.1) is 0 Å². The highest BCUT2D eigenvalue weighted by Crippen LogP contribution is 2.40. The van der Waals surface area contributed by atoms with E-state index in [0.717, 1.165) is 18.1 Å². The van der Waals surface area contributed by atoms with E-state index in [2.05, 4.69) is 20.6 Å². The molecule has 1 unspecified atom stereocenters. The topological polar surface area (TPSA) is 192 Å². The Morgan fingerprint density at radius 1 is 1.04 bits per heavy atom. The van der Waals surface area contributed by atoms with Gasteiger partial charge in [-0.3, -0.25) is 38.2 Å². The first-order valence-electron chi connectivity index (χ1n) is 19.5. The van der Waals surface area contributed by atoms with Gasteiger partial charge in [-0.05, 0) is 82.1 Å². The molecule has 0 radical (unpaired) electrons. The highest BCUT2D eigenvalue weighted by Gasteiger charge is 2.40. The molecule has 3 fully saturated rings.